The highest BCUT2D eigenvalue weighted by Crippen LogP contribution is 2.39. The van der Waals surface area contributed by atoms with Crippen LogP contribution in [0.3, 0.4) is 0 Å². The fourth-order valence-electron chi connectivity index (χ4n) is 4.81. The lowest BCUT2D eigenvalue weighted by Gasteiger charge is -2.26. The van der Waals surface area contributed by atoms with Gasteiger partial charge in [0, 0.05) is 10.9 Å². The van der Waals surface area contributed by atoms with Crippen LogP contribution in [0, 0.1) is 0 Å². The minimum Gasteiger partial charge on any atom is -0.401 e. The number of anilines is 1. The predicted molar refractivity (Wildman–Crippen MR) is 173 cm³/mol. The van der Waals surface area contributed by atoms with Crippen LogP contribution in [0.15, 0.2) is 97.1 Å². The third kappa shape index (κ3) is 6.35. The summed E-state index contributed by atoms with van der Waals surface area (Å²) in [7, 11) is -1.58. The Kier molecular flexibility index (Phi) is 8.83. The van der Waals surface area contributed by atoms with Crippen LogP contribution in [-0.2, 0) is 16.4 Å². The van der Waals surface area contributed by atoms with E-state index < -0.39 is 14.9 Å². The summed E-state index contributed by atoms with van der Waals surface area (Å²) in [6.07, 6.45) is 0. The molecule has 1 amide bonds. The number of hydrogen-bond acceptors (Lipinski definition) is 3. The molecule has 1 aromatic heterocycles. The molecule has 0 spiro atoms. The summed E-state index contributed by atoms with van der Waals surface area (Å²) in [5.74, 6) is -0.428. The van der Waals surface area contributed by atoms with Gasteiger partial charge in [-0.3, -0.25) is 4.79 Å². The van der Waals surface area contributed by atoms with Crippen molar-refractivity contribution in [1.29, 1.82) is 0 Å². The van der Waals surface area contributed by atoms with E-state index in [9.17, 15) is 4.79 Å². The Morgan fingerprint density at radius 3 is 1.93 bits per heavy atom. The second-order valence-corrected chi connectivity index (χ2v) is 13.9. The van der Waals surface area contributed by atoms with Crippen LogP contribution in [-0.4, -0.2) is 19.9 Å². The van der Waals surface area contributed by atoms with E-state index in [4.69, 9.17) is 44.2 Å². The van der Waals surface area contributed by atoms with Crippen molar-refractivity contribution in [2.24, 2.45) is 0 Å². The van der Waals surface area contributed by atoms with Gasteiger partial charge in [-0.2, -0.15) is 0 Å². The molecule has 0 aliphatic heterocycles. The molecule has 1 radical (unpaired) electrons. The van der Waals surface area contributed by atoms with Crippen LogP contribution >= 0.6 is 34.8 Å². The third-order valence-electron chi connectivity index (χ3n) is 6.64. The summed E-state index contributed by atoms with van der Waals surface area (Å²) < 4.78 is 6.72. The van der Waals surface area contributed by atoms with Crippen molar-refractivity contribution in [3.8, 4) is 0 Å². The van der Waals surface area contributed by atoms with E-state index in [1.54, 1.807) is 24.3 Å². The first-order chi connectivity index (χ1) is 19.6. The molecule has 5 aromatic rings. The van der Waals surface area contributed by atoms with Crippen molar-refractivity contribution in [1.82, 2.24) is 4.98 Å². The molecule has 207 valence electrons. The van der Waals surface area contributed by atoms with E-state index in [0.717, 1.165) is 27.0 Å². The van der Waals surface area contributed by atoms with Crippen LogP contribution in [0.25, 0.3) is 10.9 Å². The van der Waals surface area contributed by atoms with Gasteiger partial charge in [0.05, 0.1) is 44.1 Å². The highest BCUT2D eigenvalue weighted by atomic mass is 35.5. The molecular weight excluding hydrogens is 591 g/mol. The number of benzene rings is 4. The molecule has 0 saturated heterocycles. The number of rotatable bonds is 7. The summed E-state index contributed by atoms with van der Waals surface area (Å²) in [4.78, 5) is 18.3. The van der Waals surface area contributed by atoms with E-state index in [2.05, 4.69) is 50.4 Å². The molecule has 0 aliphatic carbocycles. The van der Waals surface area contributed by atoms with E-state index in [-0.39, 0.29) is 27.6 Å². The van der Waals surface area contributed by atoms with Crippen molar-refractivity contribution in [2.45, 2.75) is 32.8 Å². The Balaban J connectivity index is 1.58. The van der Waals surface area contributed by atoms with Crippen LogP contribution in [0.5, 0.6) is 0 Å². The number of amides is 1. The lowest BCUT2D eigenvalue weighted by Crippen LogP contribution is -2.44. The van der Waals surface area contributed by atoms with Gasteiger partial charge in [-0.1, -0.05) is 134 Å². The number of hydrogen-bond donors (Lipinski definition) is 1. The number of carbonyl (C=O) groups is 1. The molecule has 1 heterocycles. The first kappa shape index (κ1) is 29.3. The van der Waals surface area contributed by atoms with Gasteiger partial charge < -0.3 is 9.74 Å². The molecule has 1 N–H and O–H groups in total. The maximum atomic E-state index is 13.3. The average Bonchev–Trinajstić information content (AvgIpc) is 2.94. The highest BCUT2D eigenvalue weighted by molar-refractivity contribution is 6.80. The molecule has 4 nitrogen and oxygen atoms in total. The zero-order valence-corrected chi connectivity index (χ0v) is 26.1. The number of aromatic nitrogens is 1. The van der Waals surface area contributed by atoms with Gasteiger partial charge >= 0.3 is 0 Å². The van der Waals surface area contributed by atoms with Crippen LogP contribution in [0.4, 0.5) is 5.69 Å². The first-order valence-electron chi connectivity index (χ1n) is 13.1. The summed E-state index contributed by atoms with van der Waals surface area (Å²) >= 11 is 19.7. The number of fused-ring (bicyclic) bond motifs is 1. The van der Waals surface area contributed by atoms with Gasteiger partial charge in [0.25, 0.3) is 14.9 Å². The Morgan fingerprint density at radius 2 is 1.37 bits per heavy atom. The van der Waals surface area contributed by atoms with E-state index in [1.165, 1.54) is 0 Å². The van der Waals surface area contributed by atoms with E-state index in [0.29, 0.717) is 16.2 Å². The Hall–Kier alpha value is -3.19. The highest BCUT2D eigenvalue weighted by Gasteiger charge is 2.28. The van der Waals surface area contributed by atoms with Crippen molar-refractivity contribution < 1.29 is 9.22 Å². The maximum absolute atomic E-state index is 13.3. The van der Waals surface area contributed by atoms with Crippen molar-refractivity contribution in [3.63, 3.8) is 0 Å². The molecular formula is C33H28Cl3N2O2Si. The van der Waals surface area contributed by atoms with Crippen molar-refractivity contribution >= 4 is 76.7 Å². The van der Waals surface area contributed by atoms with Gasteiger partial charge in [0.2, 0.25) is 0 Å². The molecule has 0 saturated carbocycles. The Morgan fingerprint density at radius 1 is 0.805 bits per heavy atom. The normalized spacial score (nSPS) is 11.7. The number of nitrogens with zero attached hydrogens (tertiary/aromatic N) is 1. The molecule has 0 fully saturated rings. The molecule has 0 unspecified atom stereocenters. The molecule has 8 heteroatoms. The zero-order valence-electron chi connectivity index (χ0n) is 22.8. The van der Waals surface area contributed by atoms with Crippen molar-refractivity contribution in [2.75, 3.05) is 5.32 Å². The molecule has 5 rings (SSSR count). The largest absolute Gasteiger partial charge is 0.401 e. The summed E-state index contributed by atoms with van der Waals surface area (Å²) in [5.41, 5.74) is 2.59. The number of carbonyl (C=O) groups excluding carboxylic acids is 1. The molecule has 0 atom stereocenters. The minimum atomic E-state index is -1.58. The molecule has 0 bridgehead atoms. The second kappa shape index (κ2) is 12.4. The van der Waals surface area contributed by atoms with Gasteiger partial charge in [0.15, 0.2) is 0 Å². The average molecular weight is 619 g/mol. The van der Waals surface area contributed by atoms with E-state index in [1.807, 2.05) is 48.5 Å². The first-order valence-corrected chi connectivity index (χ1v) is 15.7. The Labute approximate surface area is 257 Å². The second-order valence-electron chi connectivity index (χ2n) is 10.6. The summed E-state index contributed by atoms with van der Waals surface area (Å²) in [6.45, 7) is 6.57. The third-order valence-corrected chi connectivity index (χ3v) is 9.81. The SMILES string of the molecule is CC(C)(C)c1c(CO[Si](c2ccccc2)c2ccccc2)nc2c(NC(=O)c3c(Cl)cccc3Cl)cccc2c1Cl. The van der Waals surface area contributed by atoms with Crippen molar-refractivity contribution in [3.05, 3.63) is 129 Å². The van der Waals surface area contributed by atoms with Gasteiger partial charge in [-0.05, 0) is 34.0 Å². The van der Waals surface area contributed by atoms with Crippen LogP contribution < -0.4 is 15.7 Å². The van der Waals surface area contributed by atoms with E-state index >= 15 is 0 Å². The fourth-order valence-corrected chi connectivity index (χ4v) is 7.87. The lowest BCUT2D eigenvalue weighted by molar-refractivity contribution is 0.102. The number of halogens is 3. The quantitative estimate of drug-likeness (QED) is 0.188. The summed E-state index contributed by atoms with van der Waals surface area (Å²) in [6, 6.07) is 31.0. The number of nitrogens with one attached hydrogen (secondary N) is 1. The minimum absolute atomic E-state index is 0.201. The fraction of sp³-hybridized carbons (Fsp3) is 0.152. The van der Waals surface area contributed by atoms with Gasteiger partial charge in [-0.15, -0.1) is 0 Å². The maximum Gasteiger partial charge on any atom is 0.283 e. The smallest absolute Gasteiger partial charge is 0.283 e. The molecule has 41 heavy (non-hydrogen) atoms. The van der Waals surface area contributed by atoms with Gasteiger partial charge in [0.1, 0.15) is 0 Å². The van der Waals surface area contributed by atoms with Crippen LogP contribution in [0.1, 0.15) is 42.4 Å². The number of pyridine rings is 1. The topological polar surface area (TPSA) is 51.2 Å². The van der Waals surface area contributed by atoms with Crippen LogP contribution in [0.2, 0.25) is 15.1 Å². The zero-order chi connectivity index (χ0) is 29.1. The standard InChI is InChI=1S/C33H28Cl3N2O2Si/c1-33(2,3)29-27(20-40-41(21-12-6-4-7-13-21)22-14-8-5-9-15-22)37-31-23(30(29)36)16-10-19-26(31)38-32(39)28-24(34)17-11-18-25(28)35/h4-19H,20H2,1-3H3,(H,38,39). The molecule has 4 aromatic carbocycles. The monoisotopic (exact) mass is 617 g/mol. The van der Waals surface area contributed by atoms with Gasteiger partial charge in [-0.25, -0.2) is 4.98 Å². The summed E-state index contributed by atoms with van der Waals surface area (Å²) in [5, 5.41) is 7.07. The molecule has 0 aliphatic rings. The number of para-hydroxylation sites is 1. The Bertz CT molecular complexity index is 1650. The lowest BCUT2D eigenvalue weighted by atomic mass is 9.85. The predicted octanol–water partition coefficient (Wildman–Crippen LogP) is 8.07.